The van der Waals surface area contributed by atoms with E-state index in [4.69, 9.17) is 0 Å². The van der Waals surface area contributed by atoms with E-state index in [0.29, 0.717) is 12.8 Å². The van der Waals surface area contributed by atoms with Crippen LogP contribution >= 0.6 is 0 Å². The Balaban J connectivity index is 0. The minimum absolute atomic E-state index is 0. The molecule has 0 aliphatic rings. The third-order valence-electron chi connectivity index (χ3n) is 4.24. The van der Waals surface area contributed by atoms with E-state index in [1.807, 2.05) is 0 Å². The summed E-state index contributed by atoms with van der Waals surface area (Å²) in [5.41, 5.74) is 0. The molecular weight excluding hydrogens is 339 g/mol. The molecule has 0 aromatic carbocycles. The second kappa shape index (κ2) is 16.9. The molecule has 0 aromatic heterocycles. The fourth-order valence-electron chi connectivity index (χ4n) is 2.76. The predicted molar refractivity (Wildman–Crippen MR) is 90.9 cm³/mol. The maximum Gasteiger partial charge on any atom is 1.00 e. The smallest absolute Gasteiger partial charge is 0.748 e. The van der Waals surface area contributed by atoms with E-state index in [0.717, 1.165) is 70.6 Å². The van der Waals surface area contributed by atoms with Gasteiger partial charge in [-0.2, -0.15) is 0 Å². The molecule has 0 spiro atoms. The van der Waals surface area contributed by atoms with Gasteiger partial charge in [0.2, 0.25) is 0 Å². The summed E-state index contributed by atoms with van der Waals surface area (Å²) in [7, 11) is -4.16. The van der Waals surface area contributed by atoms with Crippen LogP contribution in [-0.2, 0) is 10.1 Å². The molecule has 4 nitrogen and oxygen atoms in total. The second-order valence-electron chi connectivity index (χ2n) is 6.40. The molecule has 0 heterocycles. The molecule has 2 atom stereocenters. The van der Waals surface area contributed by atoms with Crippen LogP contribution in [0.4, 0.5) is 0 Å². The third kappa shape index (κ3) is 16.7. The van der Waals surface area contributed by atoms with Crippen molar-refractivity contribution in [2.75, 3.05) is 0 Å². The molecule has 0 saturated heterocycles. The number of rotatable bonds is 15. The van der Waals surface area contributed by atoms with E-state index in [-0.39, 0.29) is 57.5 Å². The Hall–Kier alpha value is 1.51. The van der Waals surface area contributed by atoms with Crippen LogP contribution in [0.5, 0.6) is 0 Å². The predicted octanol–water partition coefficient (Wildman–Crippen LogP) is 1.38. The number of aliphatic hydroxyl groups excluding tert-OH is 1. The summed E-state index contributed by atoms with van der Waals surface area (Å²) >= 11 is 0. The van der Waals surface area contributed by atoms with Crippen LogP contribution in [-0.4, -0.2) is 29.4 Å². The Morgan fingerprint density at radius 2 is 1.17 bits per heavy atom. The summed E-state index contributed by atoms with van der Waals surface area (Å²) in [6.07, 6.45) is 11.2. The zero-order chi connectivity index (χ0) is 16.8. The molecule has 0 amide bonds. The third-order valence-corrected chi connectivity index (χ3v) is 5.53. The van der Waals surface area contributed by atoms with Crippen molar-refractivity contribution in [3.63, 3.8) is 0 Å². The fraction of sp³-hybridized carbons (Fsp3) is 1.00. The molecule has 0 radical (unpaired) electrons. The Morgan fingerprint density at radius 3 is 1.61 bits per heavy atom. The van der Waals surface area contributed by atoms with Gasteiger partial charge in [-0.3, -0.25) is 0 Å². The van der Waals surface area contributed by atoms with Crippen LogP contribution in [0.15, 0.2) is 0 Å². The first kappa shape index (κ1) is 26.7. The van der Waals surface area contributed by atoms with E-state index in [1.165, 1.54) is 0 Å². The molecule has 6 heteroatoms. The normalized spacial score (nSPS) is 14.3. The largest absolute Gasteiger partial charge is 1.00 e. The molecule has 0 fully saturated rings. The van der Waals surface area contributed by atoms with Gasteiger partial charge in [-0.15, -0.1) is 0 Å². The minimum Gasteiger partial charge on any atom is -0.748 e. The Labute approximate surface area is 186 Å². The van der Waals surface area contributed by atoms with E-state index >= 15 is 0 Å². The average Bonchev–Trinajstić information content (AvgIpc) is 2.44. The first-order chi connectivity index (χ1) is 10.4. The number of hydrogen-bond donors (Lipinski definition) is 1. The van der Waals surface area contributed by atoms with Crippen molar-refractivity contribution >= 4 is 10.1 Å². The van der Waals surface area contributed by atoms with Crippen molar-refractivity contribution in [1.82, 2.24) is 0 Å². The number of unbranched alkanes of at least 4 members (excludes halogenated alkanes) is 6. The maximum absolute atomic E-state index is 11.2. The van der Waals surface area contributed by atoms with Crippen molar-refractivity contribution in [1.29, 1.82) is 0 Å². The van der Waals surface area contributed by atoms with Crippen molar-refractivity contribution < 1.29 is 69.5 Å². The standard InChI is InChI=1S/C17H36O4S.K/c1-3-5-8-12-16(18)13-10-7-11-15-17(22(19,20)21)14-9-6-4-2;/h16-18H,3-15H2,1-2H3,(H,19,20,21);/q;+1/p-1. The molecule has 0 aliphatic carbocycles. The van der Waals surface area contributed by atoms with Crippen molar-refractivity contribution in [3.05, 3.63) is 0 Å². The zero-order valence-electron chi connectivity index (χ0n) is 15.4. The molecule has 2 unspecified atom stereocenters. The molecular formula is C17H35KO4S. The topological polar surface area (TPSA) is 77.4 Å². The Morgan fingerprint density at radius 1 is 0.783 bits per heavy atom. The van der Waals surface area contributed by atoms with Gasteiger partial charge in [-0.25, -0.2) is 8.42 Å². The SMILES string of the molecule is CCCCCC(O)CCCCCC(CCCCC)S(=O)(=O)[O-].[K+]. The molecule has 1 N–H and O–H groups in total. The first-order valence-corrected chi connectivity index (χ1v) is 10.5. The van der Waals surface area contributed by atoms with Gasteiger partial charge in [0.1, 0.15) is 0 Å². The summed E-state index contributed by atoms with van der Waals surface area (Å²) in [6, 6.07) is 0. The fourth-order valence-corrected chi connectivity index (χ4v) is 3.67. The molecule has 0 aliphatic heterocycles. The van der Waals surface area contributed by atoms with Crippen LogP contribution in [0.1, 0.15) is 97.3 Å². The zero-order valence-corrected chi connectivity index (χ0v) is 19.4. The minimum atomic E-state index is -4.16. The number of aliphatic hydroxyl groups is 1. The van der Waals surface area contributed by atoms with Gasteiger partial charge in [0, 0.05) is 5.25 Å². The Kier molecular flexibility index (Phi) is 19.7. The van der Waals surface area contributed by atoms with Crippen LogP contribution < -0.4 is 51.4 Å². The van der Waals surface area contributed by atoms with Gasteiger partial charge in [0.05, 0.1) is 16.2 Å². The van der Waals surface area contributed by atoms with Crippen LogP contribution in [0.3, 0.4) is 0 Å². The second-order valence-corrected chi connectivity index (χ2v) is 8.05. The first-order valence-electron chi connectivity index (χ1n) is 9.04. The van der Waals surface area contributed by atoms with Gasteiger partial charge >= 0.3 is 51.4 Å². The van der Waals surface area contributed by atoms with E-state index in [1.54, 1.807) is 0 Å². The van der Waals surface area contributed by atoms with E-state index in [9.17, 15) is 18.1 Å². The van der Waals surface area contributed by atoms with Crippen molar-refractivity contribution in [2.45, 2.75) is 109 Å². The van der Waals surface area contributed by atoms with Gasteiger partial charge < -0.3 is 9.66 Å². The van der Waals surface area contributed by atoms with Gasteiger partial charge in [-0.1, -0.05) is 71.6 Å². The molecule has 0 bridgehead atoms. The van der Waals surface area contributed by atoms with Gasteiger partial charge in [-0.05, 0) is 25.7 Å². The van der Waals surface area contributed by atoms with Gasteiger partial charge in [0.25, 0.3) is 0 Å². The van der Waals surface area contributed by atoms with Crippen LogP contribution in [0.2, 0.25) is 0 Å². The molecule has 134 valence electrons. The monoisotopic (exact) mass is 374 g/mol. The Bertz CT molecular complexity index is 347. The molecule has 0 rings (SSSR count). The van der Waals surface area contributed by atoms with E-state index < -0.39 is 15.4 Å². The molecule has 0 aromatic rings. The van der Waals surface area contributed by atoms with Crippen LogP contribution in [0, 0.1) is 0 Å². The average molecular weight is 375 g/mol. The summed E-state index contributed by atoms with van der Waals surface area (Å²) in [4.78, 5) is 0. The molecule has 23 heavy (non-hydrogen) atoms. The van der Waals surface area contributed by atoms with Gasteiger partial charge in [0.15, 0.2) is 0 Å². The maximum atomic E-state index is 11.2. The summed E-state index contributed by atoms with van der Waals surface area (Å²) in [6.45, 7) is 4.21. The quantitative estimate of drug-likeness (QED) is 0.267. The summed E-state index contributed by atoms with van der Waals surface area (Å²) in [5, 5.41) is 9.10. The van der Waals surface area contributed by atoms with Crippen LogP contribution in [0.25, 0.3) is 0 Å². The summed E-state index contributed by atoms with van der Waals surface area (Å²) < 4.78 is 33.7. The molecule has 0 saturated carbocycles. The van der Waals surface area contributed by atoms with Crippen molar-refractivity contribution in [2.24, 2.45) is 0 Å². The van der Waals surface area contributed by atoms with Crippen molar-refractivity contribution in [3.8, 4) is 0 Å². The number of hydrogen-bond acceptors (Lipinski definition) is 4. The van der Waals surface area contributed by atoms with E-state index in [2.05, 4.69) is 13.8 Å². The summed E-state index contributed by atoms with van der Waals surface area (Å²) in [5.74, 6) is 0.